The molecule has 2 rings (SSSR count). The summed E-state index contributed by atoms with van der Waals surface area (Å²) < 4.78 is 19.6. The predicted octanol–water partition coefficient (Wildman–Crippen LogP) is 4.55. The Labute approximate surface area is 104 Å². The van der Waals surface area contributed by atoms with Crippen LogP contribution in [0.4, 0.5) is 4.39 Å². The Morgan fingerprint density at radius 3 is 2.88 bits per heavy atom. The highest BCUT2D eigenvalue weighted by molar-refractivity contribution is 9.10. The van der Waals surface area contributed by atoms with Crippen LogP contribution < -0.4 is 4.74 Å². The number of hydrogen-bond acceptors (Lipinski definition) is 1. The molecule has 1 aromatic carbocycles. The zero-order valence-corrected chi connectivity index (χ0v) is 11.0. The molecule has 0 saturated heterocycles. The van der Waals surface area contributed by atoms with Crippen molar-refractivity contribution < 1.29 is 9.13 Å². The van der Waals surface area contributed by atoms with Gasteiger partial charge in [0.25, 0.3) is 0 Å². The van der Waals surface area contributed by atoms with Gasteiger partial charge in [0.1, 0.15) is 11.6 Å². The van der Waals surface area contributed by atoms with E-state index in [-0.39, 0.29) is 11.9 Å². The molecule has 0 amide bonds. The highest BCUT2D eigenvalue weighted by Gasteiger charge is 2.20. The Morgan fingerprint density at radius 2 is 2.19 bits per heavy atom. The molecule has 1 aliphatic carbocycles. The summed E-state index contributed by atoms with van der Waals surface area (Å²) in [5.41, 5.74) is 0. The molecule has 0 spiro atoms. The summed E-state index contributed by atoms with van der Waals surface area (Å²) in [4.78, 5) is 0. The van der Waals surface area contributed by atoms with E-state index in [2.05, 4.69) is 22.9 Å². The van der Waals surface area contributed by atoms with Crippen LogP contribution in [0.15, 0.2) is 22.7 Å². The lowest BCUT2D eigenvalue weighted by Crippen LogP contribution is -2.24. The molecule has 1 aromatic rings. The van der Waals surface area contributed by atoms with Gasteiger partial charge in [-0.1, -0.05) is 13.3 Å². The molecule has 1 nitrogen and oxygen atoms in total. The topological polar surface area (TPSA) is 9.23 Å². The van der Waals surface area contributed by atoms with Gasteiger partial charge in [0.05, 0.1) is 10.6 Å². The van der Waals surface area contributed by atoms with Crippen LogP contribution in [0.25, 0.3) is 0 Å². The van der Waals surface area contributed by atoms with E-state index in [0.29, 0.717) is 10.2 Å². The third-order valence-corrected chi connectivity index (χ3v) is 3.73. The molecule has 0 aliphatic heterocycles. The highest BCUT2D eigenvalue weighted by atomic mass is 79.9. The molecule has 88 valence electrons. The van der Waals surface area contributed by atoms with Crippen molar-refractivity contribution in [3.8, 4) is 5.75 Å². The largest absolute Gasteiger partial charge is 0.490 e. The van der Waals surface area contributed by atoms with Gasteiger partial charge in [0, 0.05) is 6.07 Å². The smallest absolute Gasteiger partial charge is 0.141 e. The fraction of sp³-hybridized carbons (Fsp3) is 0.538. The second-order valence-corrected chi connectivity index (χ2v) is 5.44. The Kier molecular flexibility index (Phi) is 3.85. The van der Waals surface area contributed by atoms with E-state index in [4.69, 9.17) is 4.74 Å². The standard InChI is InChI=1S/C13H16BrFO/c1-9-3-2-4-10(7-9)16-11-5-6-12(14)13(15)8-11/h5-6,8-10H,2-4,7H2,1H3. The fourth-order valence-corrected chi connectivity index (χ4v) is 2.47. The van der Waals surface area contributed by atoms with E-state index in [1.807, 2.05) is 6.07 Å². The third-order valence-electron chi connectivity index (χ3n) is 3.08. The van der Waals surface area contributed by atoms with Crippen molar-refractivity contribution in [2.75, 3.05) is 0 Å². The lowest BCUT2D eigenvalue weighted by atomic mass is 9.89. The van der Waals surface area contributed by atoms with Gasteiger partial charge in [-0.3, -0.25) is 0 Å². The number of halogens is 2. The minimum absolute atomic E-state index is 0.254. The molecule has 0 bridgehead atoms. The maximum atomic E-state index is 13.3. The second kappa shape index (κ2) is 5.17. The molecule has 2 unspecified atom stereocenters. The van der Waals surface area contributed by atoms with E-state index in [1.165, 1.54) is 18.9 Å². The van der Waals surface area contributed by atoms with Crippen LogP contribution in [0, 0.1) is 11.7 Å². The summed E-state index contributed by atoms with van der Waals surface area (Å²) in [6.07, 6.45) is 4.92. The van der Waals surface area contributed by atoms with Crippen molar-refractivity contribution >= 4 is 15.9 Å². The van der Waals surface area contributed by atoms with Gasteiger partial charge in [0.15, 0.2) is 0 Å². The van der Waals surface area contributed by atoms with Crippen LogP contribution in [0.1, 0.15) is 32.6 Å². The van der Waals surface area contributed by atoms with E-state index in [9.17, 15) is 4.39 Å². The van der Waals surface area contributed by atoms with Crippen molar-refractivity contribution in [1.82, 2.24) is 0 Å². The molecule has 1 fully saturated rings. The summed E-state index contributed by atoms with van der Waals surface area (Å²) in [5, 5.41) is 0. The molecule has 16 heavy (non-hydrogen) atoms. The van der Waals surface area contributed by atoms with Crippen molar-refractivity contribution in [1.29, 1.82) is 0 Å². The summed E-state index contributed by atoms with van der Waals surface area (Å²) in [6.45, 7) is 2.25. The third kappa shape index (κ3) is 2.97. The van der Waals surface area contributed by atoms with Gasteiger partial charge < -0.3 is 4.74 Å². The second-order valence-electron chi connectivity index (χ2n) is 4.59. The summed E-state index contributed by atoms with van der Waals surface area (Å²) in [7, 11) is 0. The average Bonchev–Trinajstić information content (AvgIpc) is 2.24. The number of benzene rings is 1. The Bertz CT molecular complexity index is 367. The number of hydrogen-bond donors (Lipinski definition) is 0. The van der Waals surface area contributed by atoms with E-state index in [1.54, 1.807) is 6.07 Å². The van der Waals surface area contributed by atoms with Gasteiger partial charge >= 0.3 is 0 Å². The Hall–Kier alpha value is -0.570. The van der Waals surface area contributed by atoms with Crippen LogP contribution in [-0.2, 0) is 0 Å². The normalized spacial score (nSPS) is 25.4. The SMILES string of the molecule is CC1CCCC(Oc2ccc(Br)c(F)c2)C1. The van der Waals surface area contributed by atoms with Crippen molar-refractivity contribution in [3.63, 3.8) is 0 Å². The molecule has 0 aromatic heterocycles. The average molecular weight is 287 g/mol. The van der Waals surface area contributed by atoms with Crippen molar-refractivity contribution in [2.24, 2.45) is 5.92 Å². The first-order valence-electron chi connectivity index (χ1n) is 5.77. The van der Waals surface area contributed by atoms with Gasteiger partial charge in [-0.05, 0) is 53.2 Å². The first-order valence-corrected chi connectivity index (χ1v) is 6.56. The highest BCUT2D eigenvalue weighted by Crippen LogP contribution is 2.28. The maximum Gasteiger partial charge on any atom is 0.141 e. The van der Waals surface area contributed by atoms with Gasteiger partial charge in [-0.15, -0.1) is 0 Å². The molecule has 2 atom stereocenters. The quantitative estimate of drug-likeness (QED) is 0.775. The molecule has 3 heteroatoms. The molecule has 0 N–H and O–H groups in total. The van der Waals surface area contributed by atoms with Crippen LogP contribution in [-0.4, -0.2) is 6.10 Å². The zero-order valence-electron chi connectivity index (χ0n) is 9.38. The summed E-state index contributed by atoms with van der Waals surface area (Å²) in [6, 6.07) is 4.95. The molecule has 0 heterocycles. The maximum absolute atomic E-state index is 13.3. The summed E-state index contributed by atoms with van der Waals surface area (Å²) in [5.74, 6) is 1.10. The molecule has 1 aliphatic rings. The minimum atomic E-state index is -0.263. The van der Waals surface area contributed by atoms with Crippen molar-refractivity contribution in [3.05, 3.63) is 28.5 Å². The van der Waals surface area contributed by atoms with Crippen LogP contribution >= 0.6 is 15.9 Å². The zero-order chi connectivity index (χ0) is 11.5. The number of rotatable bonds is 2. The van der Waals surface area contributed by atoms with Crippen molar-refractivity contribution in [2.45, 2.75) is 38.7 Å². The number of ether oxygens (including phenoxy) is 1. The fourth-order valence-electron chi connectivity index (χ4n) is 2.23. The molecule has 0 radical (unpaired) electrons. The van der Waals surface area contributed by atoms with Gasteiger partial charge in [0.2, 0.25) is 0 Å². The Morgan fingerprint density at radius 1 is 1.38 bits per heavy atom. The first-order chi connectivity index (χ1) is 7.65. The van der Waals surface area contributed by atoms with E-state index < -0.39 is 0 Å². The molecular formula is C13H16BrFO. The van der Waals surface area contributed by atoms with Gasteiger partial charge in [-0.25, -0.2) is 4.39 Å². The Balaban J connectivity index is 2.00. The first kappa shape index (κ1) is 11.9. The predicted molar refractivity (Wildman–Crippen MR) is 66.1 cm³/mol. The lowest BCUT2D eigenvalue weighted by molar-refractivity contribution is 0.129. The lowest BCUT2D eigenvalue weighted by Gasteiger charge is -2.27. The molecule has 1 saturated carbocycles. The van der Waals surface area contributed by atoms with Crippen LogP contribution in [0.2, 0.25) is 0 Å². The van der Waals surface area contributed by atoms with E-state index >= 15 is 0 Å². The van der Waals surface area contributed by atoms with Gasteiger partial charge in [-0.2, -0.15) is 0 Å². The van der Waals surface area contributed by atoms with Crippen LogP contribution in [0.3, 0.4) is 0 Å². The monoisotopic (exact) mass is 286 g/mol. The van der Waals surface area contributed by atoms with E-state index in [0.717, 1.165) is 18.8 Å². The summed E-state index contributed by atoms with van der Waals surface area (Å²) >= 11 is 3.13. The minimum Gasteiger partial charge on any atom is -0.490 e. The molecular weight excluding hydrogens is 271 g/mol. The van der Waals surface area contributed by atoms with Crippen LogP contribution in [0.5, 0.6) is 5.75 Å².